The minimum atomic E-state index is -1.08. The minimum Gasteiger partial charge on any atom is -0.356 e. The lowest BCUT2D eigenvalue weighted by atomic mass is 9.87. The second kappa shape index (κ2) is 8.06. The summed E-state index contributed by atoms with van der Waals surface area (Å²) in [6.07, 6.45) is 3.81. The molecule has 2 aliphatic rings. The summed E-state index contributed by atoms with van der Waals surface area (Å²) in [5, 5.41) is 4.01. The van der Waals surface area contributed by atoms with E-state index in [1.807, 2.05) is 25.1 Å². The Morgan fingerprint density at radius 1 is 1.09 bits per heavy atom. The van der Waals surface area contributed by atoms with E-state index in [-0.39, 0.29) is 17.8 Å². The third-order valence-corrected chi connectivity index (χ3v) is 6.92. The number of amides is 4. The molecular weight excluding hydrogens is 416 g/mol. The number of fused-ring (bicyclic) bond motifs is 5. The molecule has 170 valence electrons. The van der Waals surface area contributed by atoms with Crippen molar-refractivity contribution in [3.05, 3.63) is 65.4 Å². The van der Waals surface area contributed by atoms with E-state index in [0.717, 1.165) is 41.4 Å². The number of aromatic amines is 1. The normalized spacial score (nSPS) is 19.7. The average molecular weight is 445 g/mol. The predicted octanol–water partition coefficient (Wildman–Crippen LogP) is 4.33. The molecule has 0 aliphatic carbocycles. The van der Waals surface area contributed by atoms with Gasteiger partial charge in [0.2, 0.25) is 0 Å². The number of hydrogen-bond acceptors (Lipinski definition) is 3. The van der Waals surface area contributed by atoms with E-state index < -0.39 is 5.54 Å². The van der Waals surface area contributed by atoms with Gasteiger partial charge in [0.05, 0.1) is 11.4 Å². The second-order valence-corrected chi connectivity index (χ2v) is 8.93. The van der Waals surface area contributed by atoms with Crippen LogP contribution in [-0.2, 0) is 16.8 Å². The van der Waals surface area contributed by atoms with Gasteiger partial charge < -0.3 is 15.2 Å². The number of H-pyrrole nitrogens is 1. The van der Waals surface area contributed by atoms with Crippen LogP contribution in [-0.4, -0.2) is 40.8 Å². The molecule has 1 fully saturated rings. The molecule has 0 spiro atoms. The zero-order chi connectivity index (χ0) is 23.2. The lowest BCUT2D eigenvalue weighted by Crippen LogP contribution is -2.49. The highest BCUT2D eigenvalue weighted by Gasteiger charge is 2.58. The average Bonchev–Trinajstić information content (AvgIpc) is 3.30. The molecule has 4 amide bonds. The highest BCUT2D eigenvalue weighted by Crippen LogP contribution is 2.45. The molecule has 33 heavy (non-hydrogen) atoms. The number of rotatable bonds is 6. The van der Waals surface area contributed by atoms with Gasteiger partial charge in [-0.1, -0.05) is 38.0 Å². The number of nitrogens with zero attached hydrogens (tertiary/aromatic N) is 2. The number of urea groups is 1. The molecule has 2 aliphatic heterocycles. The number of carbonyl (C=O) groups is 3. The Hall–Kier alpha value is -3.61. The Morgan fingerprint density at radius 3 is 2.61 bits per heavy atom. The Morgan fingerprint density at radius 2 is 1.85 bits per heavy atom. The van der Waals surface area contributed by atoms with Gasteiger partial charge in [-0.05, 0) is 55.7 Å². The molecule has 0 saturated carbocycles. The summed E-state index contributed by atoms with van der Waals surface area (Å²) in [5.41, 5.74) is 2.76. The van der Waals surface area contributed by atoms with Crippen molar-refractivity contribution in [2.24, 2.45) is 0 Å². The zero-order valence-corrected chi connectivity index (χ0v) is 19.0. The summed E-state index contributed by atoms with van der Waals surface area (Å²) >= 11 is 0. The fourth-order valence-corrected chi connectivity index (χ4v) is 5.06. The standard InChI is InChI=1S/C26H28N4O3/c1-3-4-7-15-27-23(31)17-10-12-18(13-11-17)30-24(32)26(2)22-20(14-16-29(26)25(30)33)19-8-5-6-9-21(19)28-22/h5-6,8-13,28H,3-4,7,14-16H2,1-2H3,(H,27,31). The van der Waals surface area contributed by atoms with Crippen LogP contribution in [0.5, 0.6) is 0 Å². The smallest absolute Gasteiger partial charge is 0.332 e. The fraction of sp³-hybridized carbons (Fsp3) is 0.346. The number of aromatic nitrogens is 1. The predicted molar refractivity (Wildman–Crippen MR) is 127 cm³/mol. The number of benzene rings is 2. The first-order valence-corrected chi connectivity index (χ1v) is 11.6. The van der Waals surface area contributed by atoms with Gasteiger partial charge in [-0.25, -0.2) is 9.69 Å². The molecule has 0 bridgehead atoms. The number of imide groups is 1. The molecule has 3 aromatic rings. The zero-order valence-electron chi connectivity index (χ0n) is 19.0. The highest BCUT2D eigenvalue weighted by atomic mass is 16.2. The summed E-state index contributed by atoms with van der Waals surface area (Å²) < 4.78 is 0. The molecule has 1 unspecified atom stereocenters. The maximum atomic E-state index is 13.7. The number of carbonyl (C=O) groups excluding carboxylic acids is 3. The molecule has 2 aromatic carbocycles. The van der Waals surface area contributed by atoms with Crippen LogP contribution < -0.4 is 10.2 Å². The van der Waals surface area contributed by atoms with Crippen molar-refractivity contribution < 1.29 is 14.4 Å². The Bertz CT molecular complexity index is 1250. The molecule has 1 atom stereocenters. The summed E-state index contributed by atoms with van der Waals surface area (Å²) in [6, 6.07) is 14.3. The lowest BCUT2D eigenvalue weighted by Gasteiger charge is -2.35. The maximum Gasteiger partial charge on any atom is 0.332 e. The largest absolute Gasteiger partial charge is 0.356 e. The molecule has 2 N–H and O–H groups in total. The molecule has 3 heterocycles. The molecular formula is C26H28N4O3. The number of para-hydroxylation sites is 1. The van der Waals surface area contributed by atoms with Crippen LogP contribution >= 0.6 is 0 Å². The van der Waals surface area contributed by atoms with Gasteiger partial charge in [0.1, 0.15) is 0 Å². The third-order valence-electron chi connectivity index (χ3n) is 6.92. The summed E-state index contributed by atoms with van der Waals surface area (Å²) in [5.74, 6) is -0.430. The van der Waals surface area contributed by atoms with Crippen molar-refractivity contribution >= 4 is 34.4 Å². The van der Waals surface area contributed by atoms with Gasteiger partial charge in [0.15, 0.2) is 5.54 Å². The third kappa shape index (κ3) is 3.22. The number of unbranched alkanes of at least 4 members (excludes halogenated alkanes) is 2. The minimum absolute atomic E-state index is 0.149. The monoisotopic (exact) mass is 444 g/mol. The van der Waals surface area contributed by atoms with Crippen molar-refractivity contribution in [2.75, 3.05) is 18.0 Å². The van der Waals surface area contributed by atoms with Crippen LogP contribution in [0.3, 0.4) is 0 Å². The SMILES string of the molecule is CCCCCNC(=O)c1ccc(N2C(=O)N3CCc4c([nH]c5ccccc45)C3(C)C2=O)cc1. The summed E-state index contributed by atoms with van der Waals surface area (Å²) in [6.45, 7) is 5.05. The molecule has 1 saturated heterocycles. The first-order chi connectivity index (χ1) is 16.0. The Labute approximate surface area is 192 Å². The van der Waals surface area contributed by atoms with Crippen LogP contribution in [0.2, 0.25) is 0 Å². The van der Waals surface area contributed by atoms with Crippen molar-refractivity contribution in [3.8, 4) is 0 Å². The van der Waals surface area contributed by atoms with E-state index >= 15 is 0 Å². The molecule has 7 heteroatoms. The van der Waals surface area contributed by atoms with Gasteiger partial charge >= 0.3 is 6.03 Å². The van der Waals surface area contributed by atoms with Gasteiger partial charge in [-0.15, -0.1) is 0 Å². The molecule has 1 aromatic heterocycles. The van der Waals surface area contributed by atoms with Gasteiger partial charge in [-0.3, -0.25) is 9.59 Å². The van der Waals surface area contributed by atoms with Crippen molar-refractivity contribution in [1.29, 1.82) is 0 Å². The molecule has 0 radical (unpaired) electrons. The maximum absolute atomic E-state index is 13.7. The van der Waals surface area contributed by atoms with Crippen LogP contribution in [0.15, 0.2) is 48.5 Å². The van der Waals surface area contributed by atoms with E-state index in [0.29, 0.717) is 30.8 Å². The molecule has 7 nitrogen and oxygen atoms in total. The quantitative estimate of drug-likeness (QED) is 0.438. The van der Waals surface area contributed by atoms with E-state index in [1.54, 1.807) is 29.2 Å². The first kappa shape index (κ1) is 21.2. The lowest BCUT2D eigenvalue weighted by molar-refractivity contribution is -0.125. The van der Waals surface area contributed by atoms with E-state index in [4.69, 9.17) is 0 Å². The van der Waals surface area contributed by atoms with Crippen molar-refractivity contribution in [3.63, 3.8) is 0 Å². The highest BCUT2D eigenvalue weighted by molar-refractivity contribution is 6.23. The molecule has 5 rings (SSSR count). The second-order valence-electron chi connectivity index (χ2n) is 8.93. The Kier molecular flexibility index (Phi) is 5.19. The number of hydrogen-bond donors (Lipinski definition) is 2. The van der Waals surface area contributed by atoms with Gasteiger partial charge in [0, 0.05) is 29.6 Å². The van der Waals surface area contributed by atoms with Gasteiger partial charge in [0.25, 0.3) is 11.8 Å². The van der Waals surface area contributed by atoms with Crippen molar-refractivity contribution in [2.45, 2.75) is 45.1 Å². The van der Waals surface area contributed by atoms with Crippen LogP contribution in [0.4, 0.5) is 10.5 Å². The van der Waals surface area contributed by atoms with Gasteiger partial charge in [-0.2, -0.15) is 0 Å². The van der Waals surface area contributed by atoms with Crippen LogP contribution in [0.1, 0.15) is 54.7 Å². The van der Waals surface area contributed by atoms with E-state index in [2.05, 4.69) is 23.3 Å². The fourth-order valence-electron chi connectivity index (χ4n) is 5.06. The topological polar surface area (TPSA) is 85.5 Å². The Balaban J connectivity index is 1.42. The summed E-state index contributed by atoms with van der Waals surface area (Å²) in [4.78, 5) is 45.7. The van der Waals surface area contributed by atoms with Crippen LogP contribution in [0.25, 0.3) is 10.9 Å². The number of anilines is 1. The summed E-state index contributed by atoms with van der Waals surface area (Å²) in [7, 11) is 0. The van der Waals surface area contributed by atoms with Crippen LogP contribution in [0, 0.1) is 0 Å². The first-order valence-electron chi connectivity index (χ1n) is 11.6. The number of nitrogens with one attached hydrogen (secondary N) is 2. The van der Waals surface area contributed by atoms with E-state index in [1.165, 1.54) is 4.90 Å². The van der Waals surface area contributed by atoms with E-state index in [9.17, 15) is 14.4 Å². The van der Waals surface area contributed by atoms with Crippen molar-refractivity contribution in [1.82, 2.24) is 15.2 Å².